The van der Waals surface area contributed by atoms with Crippen molar-refractivity contribution in [3.8, 4) is 5.88 Å². The van der Waals surface area contributed by atoms with Gasteiger partial charge >= 0.3 is 6.09 Å². The summed E-state index contributed by atoms with van der Waals surface area (Å²) in [5, 5.41) is 6.76. The van der Waals surface area contributed by atoms with E-state index in [0.29, 0.717) is 12.5 Å². The van der Waals surface area contributed by atoms with Gasteiger partial charge in [0, 0.05) is 19.3 Å². The summed E-state index contributed by atoms with van der Waals surface area (Å²) in [6, 6.07) is 1.61. The molecular weight excluding hydrogens is 234 g/mol. The van der Waals surface area contributed by atoms with E-state index in [-0.39, 0.29) is 6.04 Å². The van der Waals surface area contributed by atoms with E-state index in [0.717, 1.165) is 0 Å². The van der Waals surface area contributed by atoms with Crippen molar-refractivity contribution in [1.82, 2.24) is 15.1 Å². The zero-order valence-corrected chi connectivity index (χ0v) is 11.6. The van der Waals surface area contributed by atoms with Crippen LogP contribution in [0.25, 0.3) is 0 Å². The van der Waals surface area contributed by atoms with Crippen molar-refractivity contribution < 1.29 is 14.3 Å². The Morgan fingerprint density at radius 2 is 2.22 bits per heavy atom. The molecular formula is C12H21N3O3. The first-order chi connectivity index (χ1) is 8.26. The Bertz CT molecular complexity index is 396. The highest BCUT2D eigenvalue weighted by molar-refractivity contribution is 5.68. The Labute approximate surface area is 107 Å². The van der Waals surface area contributed by atoms with Crippen molar-refractivity contribution in [2.24, 2.45) is 7.05 Å². The van der Waals surface area contributed by atoms with Crippen LogP contribution in [0.3, 0.4) is 0 Å². The number of alkyl carbamates (subject to hydrolysis) is 1. The number of carbonyl (C=O) groups is 1. The molecule has 0 spiro atoms. The standard InChI is InChI=1S/C12H21N3O3/c1-9(13-11(16)18-12(2,3)4)8-17-10-6-7-15(5)14-10/h6-7,9H,8H2,1-5H3,(H,13,16)/t9-/m0/s1. The summed E-state index contributed by atoms with van der Waals surface area (Å²) in [5.74, 6) is 0.537. The van der Waals surface area contributed by atoms with Gasteiger partial charge in [-0.05, 0) is 27.7 Å². The maximum Gasteiger partial charge on any atom is 0.407 e. The summed E-state index contributed by atoms with van der Waals surface area (Å²) in [4.78, 5) is 11.5. The molecule has 0 fully saturated rings. The smallest absolute Gasteiger partial charge is 0.407 e. The average Bonchev–Trinajstić information content (AvgIpc) is 2.58. The molecule has 0 saturated carbocycles. The molecule has 1 heterocycles. The van der Waals surface area contributed by atoms with Crippen LogP contribution >= 0.6 is 0 Å². The number of amides is 1. The van der Waals surface area contributed by atoms with Crippen LogP contribution in [0.4, 0.5) is 4.79 Å². The molecule has 0 saturated heterocycles. The third kappa shape index (κ3) is 5.56. The number of hydrogen-bond donors (Lipinski definition) is 1. The van der Waals surface area contributed by atoms with E-state index in [1.54, 1.807) is 16.9 Å². The number of ether oxygens (including phenoxy) is 2. The number of rotatable bonds is 4. The Hall–Kier alpha value is -1.72. The van der Waals surface area contributed by atoms with Gasteiger partial charge in [-0.3, -0.25) is 4.68 Å². The van der Waals surface area contributed by atoms with Gasteiger partial charge < -0.3 is 14.8 Å². The van der Waals surface area contributed by atoms with Crippen LogP contribution < -0.4 is 10.1 Å². The largest absolute Gasteiger partial charge is 0.474 e. The van der Waals surface area contributed by atoms with Gasteiger partial charge in [-0.15, -0.1) is 5.10 Å². The normalized spacial score (nSPS) is 12.9. The maximum atomic E-state index is 11.5. The first-order valence-corrected chi connectivity index (χ1v) is 5.88. The number of aryl methyl sites for hydroxylation is 1. The molecule has 1 N–H and O–H groups in total. The molecule has 1 aromatic heterocycles. The van der Waals surface area contributed by atoms with Crippen LogP contribution in [-0.4, -0.2) is 34.1 Å². The van der Waals surface area contributed by atoms with Gasteiger partial charge in [0.15, 0.2) is 0 Å². The van der Waals surface area contributed by atoms with E-state index in [2.05, 4.69) is 10.4 Å². The van der Waals surface area contributed by atoms with Gasteiger partial charge in [-0.25, -0.2) is 4.79 Å². The minimum atomic E-state index is -0.494. The minimum absolute atomic E-state index is 0.151. The summed E-state index contributed by atoms with van der Waals surface area (Å²) in [7, 11) is 1.81. The quantitative estimate of drug-likeness (QED) is 0.889. The summed E-state index contributed by atoms with van der Waals surface area (Å²) in [6.07, 6.45) is 1.35. The highest BCUT2D eigenvalue weighted by atomic mass is 16.6. The minimum Gasteiger partial charge on any atom is -0.474 e. The summed E-state index contributed by atoms with van der Waals surface area (Å²) >= 11 is 0. The van der Waals surface area contributed by atoms with E-state index in [1.807, 2.05) is 34.7 Å². The molecule has 6 heteroatoms. The highest BCUT2D eigenvalue weighted by Crippen LogP contribution is 2.07. The number of hydrogen-bond acceptors (Lipinski definition) is 4. The Balaban J connectivity index is 2.29. The fourth-order valence-electron chi connectivity index (χ4n) is 1.23. The molecule has 0 aromatic carbocycles. The lowest BCUT2D eigenvalue weighted by molar-refractivity contribution is 0.0493. The Morgan fingerprint density at radius 1 is 1.56 bits per heavy atom. The van der Waals surface area contributed by atoms with Gasteiger partial charge in [0.05, 0.1) is 6.04 Å². The summed E-state index contributed by atoms with van der Waals surface area (Å²) in [6.45, 7) is 7.65. The van der Waals surface area contributed by atoms with Crippen molar-refractivity contribution in [3.63, 3.8) is 0 Å². The van der Waals surface area contributed by atoms with Crippen LogP contribution in [0.2, 0.25) is 0 Å². The second-order valence-corrected chi connectivity index (χ2v) is 5.19. The molecule has 0 radical (unpaired) electrons. The van der Waals surface area contributed by atoms with Crippen LogP contribution in [0, 0.1) is 0 Å². The highest BCUT2D eigenvalue weighted by Gasteiger charge is 2.17. The van der Waals surface area contributed by atoms with Gasteiger partial charge in [0.25, 0.3) is 0 Å². The molecule has 1 rings (SSSR count). The molecule has 1 amide bonds. The third-order valence-electron chi connectivity index (χ3n) is 1.93. The molecule has 18 heavy (non-hydrogen) atoms. The molecule has 0 bridgehead atoms. The maximum absolute atomic E-state index is 11.5. The fraction of sp³-hybridized carbons (Fsp3) is 0.667. The zero-order valence-electron chi connectivity index (χ0n) is 11.6. The lowest BCUT2D eigenvalue weighted by Gasteiger charge is -2.21. The Morgan fingerprint density at radius 3 is 2.72 bits per heavy atom. The van der Waals surface area contributed by atoms with Crippen LogP contribution in [0.5, 0.6) is 5.88 Å². The van der Waals surface area contributed by atoms with Crippen molar-refractivity contribution in [2.45, 2.75) is 39.3 Å². The lowest BCUT2D eigenvalue weighted by atomic mass is 10.2. The monoisotopic (exact) mass is 255 g/mol. The van der Waals surface area contributed by atoms with Gasteiger partial charge in [-0.2, -0.15) is 0 Å². The molecule has 0 unspecified atom stereocenters. The van der Waals surface area contributed by atoms with Crippen molar-refractivity contribution >= 4 is 6.09 Å². The van der Waals surface area contributed by atoms with E-state index >= 15 is 0 Å². The predicted octanol–water partition coefficient (Wildman–Crippen LogP) is 1.71. The SMILES string of the molecule is C[C@@H](COc1ccn(C)n1)NC(=O)OC(C)(C)C. The van der Waals surface area contributed by atoms with E-state index in [1.165, 1.54) is 0 Å². The van der Waals surface area contributed by atoms with E-state index < -0.39 is 11.7 Å². The van der Waals surface area contributed by atoms with Gasteiger partial charge in [0.2, 0.25) is 5.88 Å². The first kappa shape index (κ1) is 14.3. The molecule has 102 valence electrons. The van der Waals surface area contributed by atoms with Crippen molar-refractivity contribution in [3.05, 3.63) is 12.3 Å². The summed E-state index contributed by atoms with van der Waals surface area (Å²) < 4.78 is 12.2. The predicted molar refractivity (Wildman–Crippen MR) is 67.5 cm³/mol. The average molecular weight is 255 g/mol. The van der Waals surface area contributed by atoms with E-state index in [4.69, 9.17) is 9.47 Å². The Kier molecular flexibility index (Phi) is 4.58. The number of nitrogens with one attached hydrogen (secondary N) is 1. The number of nitrogens with zero attached hydrogens (tertiary/aromatic N) is 2. The summed E-state index contributed by atoms with van der Waals surface area (Å²) in [5.41, 5.74) is -0.494. The molecule has 1 aromatic rings. The van der Waals surface area contributed by atoms with Crippen LogP contribution in [0.1, 0.15) is 27.7 Å². The molecule has 0 aliphatic heterocycles. The third-order valence-corrected chi connectivity index (χ3v) is 1.93. The first-order valence-electron chi connectivity index (χ1n) is 5.88. The fourth-order valence-corrected chi connectivity index (χ4v) is 1.23. The van der Waals surface area contributed by atoms with Gasteiger partial charge in [-0.1, -0.05) is 0 Å². The second-order valence-electron chi connectivity index (χ2n) is 5.19. The van der Waals surface area contributed by atoms with Crippen LogP contribution in [0.15, 0.2) is 12.3 Å². The topological polar surface area (TPSA) is 65.4 Å². The van der Waals surface area contributed by atoms with Crippen LogP contribution in [-0.2, 0) is 11.8 Å². The lowest BCUT2D eigenvalue weighted by Crippen LogP contribution is -2.40. The molecule has 6 nitrogen and oxygen atoms in total. The van der Waals surface area contributed by atoms with E-state index in [9.17, 15) is 4.79 Å². The van der Waals surface area contributed by atoms with Crippen molar-refractivity contribution in [2.75, 3.05) is 6.61 Å². The van der Waals surface area contributed by atoms with Gasteiger partial charge in [0.1, 0.15) is 12.2 Å². The molecule has 1 atom stereocenters. The number of aromatic nitrogens is 2. The number of carbonyl (C=O) groups excluding carboxylic acids is 1. The second kappa shape index (κ2) is 5.75. The van der Waals surface area contributed by atoms with Crippen molar-refractivity contribution in [1.29, 1.82) is 0 Å². The molecule has 0 aliphatic carbocycles. The zero-order chi connectivity index (χ0) is 13.8. The molecule has 0 aliphatic rings.